The Morgan fingerprint density at radius 1 is 0.434 bits per heavy atom. The summed E-state index contributed by atoms with van der Waals surface area (Å²) in [4.78, 5) is 14.4. The van der Waals surface area contributed by atoms with E-state index in [-0.39, 0.29) is 12.6 Å². The molecule has 0 aromatic carbocycles. The third kappa shape index (κ3) is 39.5. The zero-order valence-electron chi connectivity index (χ0n) is 35.6. The number of unbranched alkanes of at least 4 members (excludes halogenated alkanes) is 26. The summed E-state index contributed by atoms with van der Waals surface area (Å²) in [5, 5.41) is 9.55. The molecule has 0 aromatic heterocycles. The van der Waals surface area contributed by atoms with Crippen molar-refractivity contribution in [1.29, 1.82) is 0 Å². The Bertz CT molecular complexity index is 787. The number of nitrogens with zero attached hydrogens (tertiary/aromatic N) is 1. The van der Waals surface area contributed by atoms with Crippen LogP contribution < -0.4 is 0 Å². The molecule has 0 aliphatic rings. The van der Waals surface area contributed by atoms with Crippen LogP contribution >= 0.6 is 7.82 Å². The van der Waals surface area contributed by atoms with Crippen LogP contribution in [0.1, 0.15) is 226 Å². The second-order valence-corrected chi connectivity index (χ2v) is 17.1. The van der Waals surface area contributed by atoms with Crippen LogP contribution in [0.4, 0.5) is 0 Å². The summed E-state index contributed by atoms with van der Waals surface area (Å²) in [5.41, 5.74) is 0. The fourth-order valence-electron chi connectivity index (χ4n) is 6.66. The number of hydrogen-bond donors (Lipinski definition) is 1. The zero-order valence-corrected chi connectivity index (χ0v) is 36.5. The van der Waals surface area contributed by atoms with Crippen LogP contribution in [-0.4, -0.2) is 68.6 Å². The van der Waals surface area contributed by atoms with Gasteiger partial charge in [0.1, 0.15) is 0 Å². The number of rotatable bonds is 45. The van der Waals surface area contributed by atoms with Gasteiger partial charge in [0.15, 0.2) is 0 Å². The van der Waals surface area contributed by atoms with E-state index in [9.17, 15) is 14.5 Å². The molecule has 0 amide bonds. The lowest BCUT2D eigenvalue weighted by Gasteiger charge is -2.21. The lowest BCUT2D eigenvalue weighted by atomic mass is 10.1. The summed E-state index contributed by atoms with van der Waals surface area (Å²) < 4.78 is 36.1. The molecule has 0 aliphatic heterocycles. The summed E-state index contributed by atoms with van der Waals surface area (Å²) in [6.07, 6.45) is 36.4. The second-order valence-electron chi connectivity index (χ2n) is 15.4. The molecule has 318 valence electrons. The van der Waals surface area contributed by atoms with Gasteiger partial charge in [0.25, 0.3) is 0 Å². The topological polar surface area (TPSA) is 94.5 Å². The van der Waals surface area contributed by atoms with Crippen LogP contribution in [0.25, 0.3) is 0 Å². The molecule has 1 unspecified atom stereocenters. The number of carbonyl (C=O) groups is 1. The molecule has 0 radical (unpaired) electrons. The van der Waals surface area contributed by atoms with E-state index in [0.29, 0.717) is 32.8 Å². The first-order chi connectivity index (χ1) is 26.0. The van der Waals surface area contributed by atoms with Crippen molar-refractivity contribution >= 4 is 13.8 Å². The fraction of sp³-hybridized carbons (Fsp3) is 0.977. The van der Waals surface area contributed by atoms with Crippen molar-refractivity contribution in [1.82, 2.24) is 4.90 Å². The lowest BCUT2D eigenvalue weighted by Crippen LogP contribution is -2.29. The molecule has 0 saturated heterocycles. The van der Waals surface area contributed by atoms with Gasteiger partial charge in [-0.25, -0.2) is 4.57 Å². The van der Waals surface area contributed by atoms with Gasteiger partial charge in [-0.15, -0.1) is 0 Å². The molecule has 0 rings (SSSR count). The van der Waals surface area contributed by atoms with Crippen molar-refractivity contribution < 1.29 is 32.8 Å². The normalized spacial score (nSPS) is 12.8. The predicted octanol–water partition coefficient (Wildman–Crippen LogP) is 13.5. The van der Waals surface area contributed by atoms with Gasteiger partial charge in [-0.05, 0) is 58.0 Å². The molecule has 0 saturated carbocycles. The number of aliphatic hydroxyl groups excluding tert-OH is 1. The summed E-state index contributed by atoms with van der Waals surface area (Å²) in [6.45, 7) is 11.6. The molecule has 0 spiro atoms. The Labute approximate surface area is 329 Å². The largest absolute Gasteiger partial charge is 0.474 e. The molecule has 0 heterocycles. The fourth-order valence-corrected chi connectivity index (χ4v) is 7.94. The maximum Gasteiger partial charge on any atom is 0.474 e. The number of carbonyl (C=O) groups excluding carboxylic acids is 1. The van der Waals surface area contributed by atoms with Gasteiger partial charge >= 0.3 is 13.8 Å². The highest BCUT2D eigenvalue weighted by Gasteiger charge is 2.26. The monoisotopic (exact) mass is 776 g/mol. The molecular formula is C44H90NO7P. The van der Waals surface area contributed by atoms with E-state index in [4.69, 9.17) is 18.3 Å². The van der Waals surface area contributed by atoms with E-state index in [0.717, 1.165) is 116 Å². The van der Waals surface area contributed by atoms with Gasteiger partial charge < -0.3 is 14.7 Å². The van der Waals surface area contributed by atoms with Crippen LogP contribution in [-0.2, 0) is 27.7 Å². The Hall–Kier alpha value is -0.500. The van der Waals surface area contributed by atoms with Gasteiger partial charge in [-0.1, -0.05) is 175 Å². The molecule has 1 N–H and O–H groups in total. The van der Waals surface area contributed by atoms with E-state index in [1.54, 1.807) is 0 Å². The maximum absolute atomic E-state index is 13.3. The number of ether oxygens (including phenoxy) is 1. The van der Waals surface area contributed by atoms with E-state index in [1.165, 1.54) is 103 Å². The Kier molecular flexibility index (Phi) is 42.2. The molecule has 0 bridgehead atoms. The molecule has 1 atom stereocenters. The van der Waals surface area contributed by atoms with Crippen molar-refractivity contribution in [2.45, 2.75) is 226 Å². The minimum Gasteiger partial charge on any atom is -0.466 e. The average molecular weight is 776 g/mol. The summed E-state index contributed by atoms with van der Waals surface area (Å²) in [5.74, 6) is -0.0353. The van der Waals surface area contributed by atoms with Crippen molar-refractivity contribution in [2.24, 2.45) is 0 Å². The van der Waals surface area contributed by atoms with Gasteiger partial charge in [-0.2, -0.15) is 0 Å². The third-order valence-electron chi connectivity index (χ3n) is 10.1. The van der Waals surface area contributed by atoms with Crippen LogP contribution in [0.2, 0.25) is 0 Å². The van der Waals surface area contributed by atoms with Crippen LogP contribution in [0.15, 0.2) is 0 Å². The molecule has 0 fully saturated rings. The van der Waals surface area contributed by atoms with Crippen LogP contribution in [0.3, 0.4) is 0 Å². The van der Waals surface area contributed by atoms with Gasteiger partial charge in [0.2, 0.25) is 0 Å². The van der Waals surface area contributed by atoms with Crippen molar-refractivity contribution in [2.75, 3.05) is 52.7 Å². The first-order valence-corrected chi connectivity index (χ1v) is 24.5. The number of phosphoric acid groups is 1. The van der Waals surface area contributed by atoms with Crippen molar-refractivity contribution in [3.63, 3.8) is 0 Å². The second kappa shape index (κ2) is 42.6. The third-order valence-corrected chi connectivity index (χ3v) is 11.6. The van der Waals surface area contributed by atoms with Gasteiger partial charge in [0.05, 0.1) is 33.0 Å². The van der Waals surface area contributed by atoms with Crippen LogP contribution in [0.5, 0.6) is 0 Å². The molecule has 0 aliphatic carbocycles. The highest BCUT2D eigenvalue weighted by atomic mass is 31.2. The van der Waals surface area contributed by atoms with E-state index < -0.39 is 7.82 Å². The quantitative estimate of drug-likeness (QED) is 0.0371. The predicted molar refractivity (Wildman–Crippen MR) is 225 cm³/mol. The number of aliphatic hydroxyl groups is 1. The highest BCUT2D eigenvalue weighted by Crippen LogP contribution is 2.50. The molecule has 53 heavy (non-hydrogen) atoms. The molecule has 9 heteroatoms. The average Bonchev–Trinajstić information content (AvgIpc) is 3.15. The summed E-state index contributed by atoms with van der Waals surface area (Å²) in [7, 11) is -3.51. The molecule has 0 aromatic rings. The number of hydrogen-bond acceptors (Lipinski definition) is 8. The smallest absolute Gasteiger partial charge is 0.466 e. The lowest BCUT2D eigenvalue weighted by molar-refractivity contribution is -0.143. The Morgan fingerprint density at radius 3 is 1.13 bits per heavy atom. The van der Waals surface area contributed by atoms with E-state index >= 15 is 0 Å². The van der Waals surface area contributed by atoms with Gasteiger partial charge in [-0.3, -0.25) is 18.4 Å². The van der Waals surface area contributed by atoms with E-state index in [1.807, 2.05) is 0 Å². The molecule has 8 nitrogen and oxygen atoms in total. The first-order valence-electron chi connectivity index (χ1n) is 23.0. The molecular weight excluding hydrogens is 685 g/mol. The minimum absolute atomic E-state index is 0.0353. The van der Waals surface area contributed by atoms with Crippen molar-refractivity contribution in [3.8, 4) is 0 Å². The Balaban J connectivity index is 4.00. The maximum atomic E-state index is 13.3. The zero-order chi connectivity index (χ0) is 38.8. The Morgan fingerprint density at radius 2 is 0.755 bits per heavy atom. The van der Waals surface area contributed by atoms with Crippen LogP contribution in [0, 0.1) is 0 Å². The first kappa shape index (κ1) is 52.5. The van der Waals surface area contributed by atoms with E-state index in [2.05, 4.69) is 25.7 Å². The summed E-state index contributed by atoms with van der Waals surface area (Å²) >= 11 is 0. The summed E-state index contributed by atoms with van der Waals surface area (Å²) in [6, 6.07) is 0. The highest BCUT2D eigenvalue weighted by molar-refractivity contribution is 7.48. The van der Waals surface area contributed by atoms with Crippen molar-refractivity contribution in [3.05, 3.63) is 0 Å². The SMILES string of the molecule is CCCCCCCCCOC(=O)CCCCCCCN(CCO)CCCCCCCCOP(=O)(OCCCCCCCC)OCCCCCCCCC. The minimum atomic E-state index is -3.51. The number of esters is 1. The number of phosphoric ester groups is 1. The van der Waals surface area contributed by atoms with Gasteiger partial charge in [0, 0.05) is 13.0 Å². The standard InChI is InChI=1S/C44H90NO7P/c1-4-7-10-13-17-24-31-40-49-44(47)35-28-21-20-23-30-37-45(38-39-46)36-29-22-16-19-27-34-43-52-53(48,50-41-32-25-15-12-9-6-3)51-42-33-26-18-14-11-8-5-2/h46H,4-43H2,1-3H3.